The summed E-state index contributed by atoms with van der Waals surface area (Å²) in [4.78, 5) is 16.5. The van der Waals surface area contributed by atoms with E-state index in [1.54, 1.807) is 36.2 Å². The number of nitrogens with zero attached hydrogens (tertiary/aromatic N) is 3. The van der Waals surface area contributed by atoms with E-state index in [0.29, 0.717) is 22.9 Å². The third kappa shape index (κ3) is 3.23. The van der Waals surface area contributed by atoms with Crippen molar-refractivity contribution < 1.29 is 9.53 Å². The third-order valence-corrected chi connectivity index (χ3v) is 4.25. The quantitative estimate of drug-likeness (QED) is 0.760. The largest absolute Gasteiger partial charge is 0.480 e. The number of benzene rings is 1. The molecular formula is C16H17N5O2S. The second-order valence-electron chi connectivity index (χ2n) is 5.09. The number of hydrogen-bond acceptors (Lipinski definition) is 5. The van der Waals surface area contributed by atoms with Crippen molar-refractivity contribution >= 4 is 28.7 Å². The van der Waals surface area contributed by atoms with Gasteiger partial charge in [0.15, 0.2) is 0 Å². The van der Waals surface area contributed by atoms with Crippen LogP contribution < -0.4 is 15.4 Å². The first-order valence-corrected chi connectivity index (χ1v) is 8.12. The fourth-order valence-corrected chi connectivity index (χ4v) is 3.00. The first kappa shape index (κ1) is 16.0. The molecule has 0 bridgehead atoms. The van der Waals surface area contributed by atoms with Gasteiger partial charge in [-0.2, -0.15) is 5.10 Å². The number of amides is 2. The molecule has 0 saturated carbocycles. The maximum Gasteiger partial charge on any atom is 0.323 e. The number of aryl methyl sites for hydroxylation is 2. The average molecular weight is 343 g/mol. The summed E-state index contributed by atoms with van der Waals surface area (Å²) in [6.07, 6.45) is 1.77. The molecule has 0 atom stereocenters. The van der Waals surface area contributed by atoms with Gasteiger partial charge >= 0.3 is 6.03 Å². The number of hydrogen-bond donors (Lipinski definition) is 2. The summed E-state index contributed by atoms with van der Waals surface area (Å²) in [6.45, 7) is 1.81. The molecule has 0 unspecified atom stereocenters. The van der Waals surface area contributed by atoms with E-state index in [1.165, 1.54) is 7.11 Å². The number of thiazole rings is 1. The topological polar surface area (TPSA) is 81.1 Å². The van der Waals surface area contributed by atoms with E-state index >= 15 is 0 Å². The molecule has 0 spiro atoms. The molecule has 124 valence electrons. The summed E-state index contributed by atoms with van der Waals surface area (Å²) in [5, 5.41) is 12.7. The Kier molecular flexibility index (Phi) is 4.48. The molecule has 2 heterocycles. The Bertz CT molecular complexity index is 840. The zero-order valence-corrected chi connectivity index (χ0v) is 14.3. The molecule has 2 aromatic heterocycles. The molecule has 0 radical (unpaired) electrons. The molecule has 1 aromatic carbocycles. The van der Waals surface area contributed by atoms with Crippen LogP contribution in [-0.2, 0) is 7.05 Å². The number of carbonyl (C=O) groups is 1. The molecule has 0 aliphatic heterocycles. The van der Waals surface area contributed by atoms with E-state index in [1.807, 2.05) is 29.6 Å². The minimum absolute atomic E-state index is 0.355. The van der Waals surface area contributed by atoms with Crippen molar-refractivity contribution in [2.24, 2.45) is 7.05 Å². The molecule has 3 rings (SSSR count). The van der Waals surface area contributed by atoms with Crippen LogP contribution >= 0.6 is 11.3 Å². The molecule has 2 N–H and O–H groups in total. The Labute approximate surface area is 143 Å². The number of ether oxygens (including phenoxy) is 1. The highest BCUT2D eigenvalue weighted by molar-refractivity contribution is 7.13. The molecule has 3 aromatic rings. The summed E-state index contributed by atoms with van der Waals surface area (Å²) < 4.78 is 6.83. The Hall–Kier alpha value is -2.87. The molecule has 0 saturated heterocycles. The van der Waals surface area contributed by atoms with E-state index in [4.69, 9.17) is 4.74 Å². The lowest BCUT2D eigenvalue weighted by Crippen LogP contribution is -2.20. The van der Waals surface area contributed by atoms with Gasteiger partial charge in [-0.3, -0.25) is 0 Å². The van der Waals surface area contributed by atoms with Crippen LogP contribution in [-0.4, -0.2) is 27.9 Å². The maximum atomic E-state index is 12.2. The average Bonchev–Trinajstić information content (AvgIpc) is 3.17. The van der Waals surface area contributed by atoms with Gasteiger partial charge in [-0.15, -0.1) is 11.3 Å². The van der Waals surface area contributed by atoms with E-state index in [-0.39, 0.29) is 6.03 Å². The molecule has 0 fully saturated rings. The van der Waals surface area contributed by atoms with E-state index < -0.39 is 0 Å². The van der Waals surface area contributed by atoms with Gasteiger partial charge in [-0.05, 0) is 31.2 Å². The van der Waals surface area contributed by atoms with Crippen LogP contribution in [0, 0.1) is 6.92 Å². The predicted molar refractivity (Wildman–Crippen MR) is 94.7 cm³/mol. The standard InChI is InChI=1S/C16H17N5O2S/c1-10-13(15(23-3)21(2)20-10)19-16(22)18-12-6-4-11(5-7-12)14-17-8-9-24-14/h4-9H,1-3H3,(H2,18,19,22). The van der Waals surface area contributed by atoms with Crippen molar-refractivity contribution in [2.75, 3.05) is 17.7 Å². The molecule has 24 heavy (non-hydrogen) atoms. The molecular weight excluding hydrogens is 326 g/mol. The summed E-state index contributed by atoms with van der Waals surface area (Å²) in [5.74, 6) is 0.502. The van der Waals surface area contributed by atoms with E-state index in [9.17, 15) is 4.79 Å². The highest BCUT2D eigenvalue weighted by Gasteiger charge is 2.16. The summed E-state index contributed by atoms with van der Waals surface area (Å²) in [5.41, 5.74) is 2.94. The van der Waals surface area contributed by atoms with Crippen LogP contribution in [0.4, 0.5) is 16.2 Å². The monoisotopic (exact) mass is 343 g/mol. The van der Waals surface area contributed by atoms with Crippen molar-refractivity contribution in [3.63, 3.8) is 0 Å². The first-order valence-electron chi connectivity index (χ1n) is 7.24. The van der Waals surface area contributed by atoms with Gasteiger partial charge in [-0.25, -0.2) is 14.5 Å². The van der Waals surface area contributed by atoms with Crippen LogP contribution in [0.15, 0.2) is 35.8 Å². The van der Waals surface area contributed by atoms with Crippen molar-refractivity contribution in [3.05, 3.63) is 41.5 Å². The number of aromatic nitrogens is 3. The smallest absolute Gasteiger partial charge is 0.323 e. The lowest BCUT2D eigenvalue weighted by Gasteiger charge is -2.09. The summed E-state index contributed by atoms with van der Waals surface area (Å²) >= 11 is 1.57. The van der Waals surface area contributed by atoms with Gasteiger partial charge in [0, 0.05) is 29.9 Å². The number of nitrogens with one attached hydrogen (secondary N) is 2. The lowest BCUT2D eigenvalue weighted by atomic mass is 10.2. The Balaban J connectivity index is 1.69. The SMILES string of the molecule is COc1c(NC(=O)Nc2ccc(-c3nccs3)cc2)c(C)nn1C. The second kappa shape index (κ2) is 6.71. The van der Waals surface area contributed by atoms with Gasteiger partial charge in [0.1, 0.15) is 10.7 Å². The molecule has 2 amide bonds. The van der Waals surface area contributed by atoms with Crippen molar-refractivity contribution in [1.29, 1.82) is 0 Å². The molecule has 0 aliphatic rings. The first-order chi connectivity index (χ1) is 11.6. The number of carbonyl (C=O) groups excluding carboxylic acids is 1. The highest BCUT2D eigenvalue weighted by Crippen LogP contribution is 2.27. The fraction of sp³-hybridized carbons (Fsp3) is 0.188. The zero-order valence-electron chi connectivity index (χ0n) is 13.5. The summed E-state index contributed by atoms with van der Waals surface area (Å²) in [7, 11) is 3.29. The molecule has 0 aliphatic carbocycles. The predicted octanol–water partition coefficient (Wildman–Crippen LogP) is 3.50. The fourth-order valence-electron chi connectivity index (χ4n) is 2.35. The normalized spacial score (nSPS) is 10.5. The number of methoxy groups -OCH3 is 1. The Morgan fingerprint density at radius 3 is 2.62 bits per heavy atom. The zero-order chi connectivity index (χ0) is 17.1. The second-order valence-corrected chi connectivity index (χ2v) is 5.98. The van der Waals surface area contributed by atoms with Crippen LogP contribution in [0.25, 0.3) is 10.6 Å². The van der Waals surface area contributed by atoms with Gasteiger partial charge in [-0.1, -0.05) is 0 Å². The van der Waals surface area contributed by atoms with Crippen LogP contribution in [0.1, 0.15) is 5.69 Å². The number of anilines is 2. The Morgan fingerprint density at radius 2 is 2.00 bits per heavy atom. The lowest BCUT2D eigenvalue weighted by molar-refractivity contribution is 0.262. The number of urea groups is 1. The van der Waals surface area contributed by atoms with Gasteiger partial charge in [0.2, 0.25) is 5.88 Å². The minimum atomic E-state index is -0.355. The van der Waals surface area contributed by atoms with Crippen LogP contribution in [0.3, 0.4) is 0 Å². The van der Waals surface area contributed by atoms with Gasteiger partial charge in [0.25, 0.3) is 0 Å². The molecule has 7 nitrogen and oxygen atoms in total. The van der Waals surface area contributed by atoms with E-state index in [2.05, 4.69) is 20.7 Å². The third-order valence-electron chi connectivity index (χ3n) is 3.42. The van der Waals surface area contributed by atoms with Crippen molar-refractivity contribution in [3.8, 4) is 16.5 Å². The number of rotatable bonds is 4. The highest BCUT2D eigenvalue weighted by atomic mass is 32.1. The van der Waals surface area contributed by atoms with Gasteiger partial charge in [0.05, 0.1) is 12.8 Å². The van der Waals surface area contributed by atoms with Crippen LogP contribution in [0.2, 0.25) is 0 Å². The molecule has 8 heteroatoms. The van der Waals surface area contributed by atoms with Gasteiger partial charge < -0.3 is 15.4 Å². The maximum absolute atomic E-state index is 12.2. The van der Waals surface area contributed by atoms with Crippen molar-refractivity contribution in [2.45, 2.75) is 6.92 Å². The summed E-state index contributed by atoms with van der Waals surface area (Å²) in [6, 6.07) is 7.16. The minimum Gasteiger partial charge on any atom is -0.480 e. The van der Waals surface area contributed by atoms with E-state index in [0.717, 1.165) is 10.6 Å². The van der Waals surface area contributed by atoms with Crippen molar-refractivity contribution in [1.82, 2.24) is 14.8 Å². The van der Waals surface area contributed by atoms with Crippen LogP contribution in [0.5, 0.6) is 5.88 Å². The Morgan fingerprint density at radius 1 is 1.25 bits per heavy atom.